The first kappa shape index (κ1) is 9.69. The third-order valence-corrected chi connectivity index (χ3v) is 2.08. The van der Waals surface area contributed by atoms with Crippen LogP contribution >= 0.6 is 22.6 Å². The smallest absolute Gasteiger partial charge is 0.266 e. The van der Waals surface area contributed by atoms with E-state index in [0.717, 1.165) is 6.08 Å². The summed E-state index contributed by atoms with van der Waals surface area (Å²) in [5.41, 5.74) is 0. The van der Waals surface area contributed by atoms with Crippen molar-refractivity contribution in [1.29, 1.82) is 0 Å². The minimum Gasteiger partial charge on any atom is -0.266 e. The van der Waals surface area contributed by atoms with Crippen LogP contribution in [0.15, 0.2) is 14.6 Å². The second-order valence-corrected chi connectivity index (χ2v) is 3.33. The fourth-order valence-electron chi connectivity index (χ4n) is 0.661. The minimum absolute atomic E-state index is 0.0115. The second kappa shape index (κ2) is 3.15. The van der Waals surface area contributed by atoms with E-state index in [0.29, 0.717) is 6.21 Å². The molecule has 0 aromatic rings. The van der Waals surface area contributed by atoms with Gasteiger partial charge in [0.1, 0.15) is 5.92 Å². The molecule has 0 spiro atoms. The van der Waals surface area contributed by atoms with Gasteiger partial charge in [-0.2, -0.15) is 13.2 Å². The quantitative estimate of drug-likeness (QED) is 0.628. The summed E-state index contributed by atoms with van der Waals surface area (Å²) in [6.07, 6.45) is -2.87. The van der Waals surface area contributed by atoms with E-state index < -0.39 is 18.0 Å². The van der Waals surface area contributed by atoms with Gasteiger partial charge >= 0.3 is 6.18 Å². The van der Waals surface area contributed by atoms with Crippen molar-refractivity contribution in [2.24, 2.45) is 10.9 Å². The number of alkyl halides is 3. The third kappa shape index (κ3) is 2.05. The highest BCUT2D eigenvalue weighted by molar-refractivity contribution is 14.1. The van der Waals surface area contributed by atoms with Gasteiger partial charge in [-0.25, -0.2) is 4.99 Å². The Morgan fingerprint density at radius 1 is 1.50 bits per heavy atom. The summed E-state index contributed by atoms with van der Waals surface area (Å²) < 4.78 is 36.0. The number of carbonyl (C=O) groups excluding carboxylic acids is 1. The Morgan fingerprint density at radius 2 is 2.08 bits per heavy atom. The topological polar surface area (TPSA) is 29.4 Å². The molecule has 0 aromatic carbocycles. The van der Waals surface area contributed by atoms with Crippen molar-refractivity contribution in [1.82, 2.24) is 0 Å². The zero-order chi connectivity index (χ0) is 9.35. The molecule has 0 fully saturated rings. The Hall–Kier alpha value is -0.400. The molecule has 0 saturated heterocycles. The summed E-state index contributed by atoms with van der Waals surface area (Å²) in [7, 11) is 0. The van der Waals surface area contributed by atoms with Crippen molar-refractivity contribution in [2.45, 2.75) is 6.18 Å². The highest BCUT2D eigenvalue weighted by atomic mass is 127. The van der Waals surface area contributed by atoms with Crippen LogP contribution in [0, 0.1) is 5.92 Å². The van der Waals surface area contributed by atoms with Gasteiger partial charge in [-0.05, 0) is 28.7 Å². The number of hydrogen-bond acceptors (Lipinski definition) is 1. The maximum Gasteiger partial charge on any atom is 0.400 e. The summed E-state index contributed by atoms with van der Waals surface area (Å²) in [6.45, 7) is 0. The lowest BCUT2D eigenvalue weighted by atomic mass is 10.1. The molecular formula is C6H3F3INO. The molecule has 0 saturated carbocycles. The van der Waals surface area contributed by atoms with Gasteiger partial charge in [0.2, 0.25) is 0 Å². The van der Waals surface area contributed by atoms with Crippen LogP contribution in [0.1, 0.15) is 0 Å². The normalized spacial score (nSPS) is 24.2. The molecule has 0 bridgehead atoms. The first-order valence-corrected chi connectivity index (χ1v) is 4.01. The molecule has 6 heteroatoms. The SMILES string of the molecule is O=C1N=CC(C(F)(F)F)C=C1I. The number of carbonyl (C=O) groups is 1. The van der Waals surface area contributed by atoms with E-state index in [9.17, 15) is 18.0 Å². The number of nitrogens with zero attached hydrogens (tertiary/aromatic N) is 1. The van der Waals surface area contributed by atoms with Gasteiger partial charge in [0.05, 0.1) is 3.58 Å². The Balaban J connectivity index is 2.87. The lowest BCUT2D eigenvalue weighted by Crippen LogP contribution is -2.25. The first-order chi connectivity index (χ1) is 5.41. The van der Waals surface area contributed by atoms with Crippen LogP contribution in [-0.4, -0.2) is 18.3 Å². The molecule has 1 unspecified atom stereocenters. The predicted molar refractivity (Wildman–Crippen MR) is 45.1 cm³/mol. The minimum atomic E-state index is -4.35. The van der Waals surface area contributed by atoms with Crippen LogP contribution in [0.25, 0.3) is 0 Å². The average Bonchev–Trinajstić information content (AvgIpc) is 1.92. The lowest BCUT2D eigenvalue weighted by molar-refractivity contribution is -0.143. The standard InChI is InChI=1S/C6H3F3INO/c7-6(8,9)3-1-4(10)5(12)11-2-3/h1-3H. The highest BCUT2D eigenvalue weighted by Crippen LogP contribution is 2.30. The maximum atomic E-state index is 12.0. The van der Waals surface area contributed by atoms with Crippen LogP contribution < -0.4 is 0 Å². The van der Waals surface area contributed by atoms with E-state index in [1.165, 1.54) is 22.6 Å². The summed E-state index contributed by atoms with van der Waals surface area (Å²) in [6, 6.07) is 0. The number of rotatable bonds is 0. The molecule has 1 atom stereocenters. The van der Waals surface area contributed by atoms with Gasteiger partial charge in [0.25, 0.3) is 5.91 Å². The van der Waals surface area contributed by atoms with Crippen LogP contribution in [0.4, 0.5) is 13.2 Å². The molecule has 1 rings (SSSR count). The molecular weight excluding hydrogens is 286 g/mol. The molecule has 0 aromatic heterocycles. The van der Waals surface area contributed by atoms with Gasteiger partial charge in [-0.3, -0.25) is 4.79 Å². The number of aliphatic imine (C=N–C) groups is 1. The van der Waals surface area contributed by atoms with Crippen molar-refractivity contribution in [3.63, 3.8) is 0 Å². The predicted octanol–water partition coefficient (Wildman–Crippen LogP) is 2.09. The summed E-state index contributed by atoms with van der Waals surface area (Å²) in [5.74, 6) is -2.34. The zero-order valence-electron chi connectivity index (χ0n) is 5.60. The van der Waals surface area contributed by atoms with E-state index in [4.69, 9.17) is 0 Å². The van der Waals surface area contributed by atoms with Crippen LogP contribution in [0.5, 0.6) is 0 Å². The fraction of sp³-hybridized carbons (Fsp3) is 0.333. The third-order valence-electron chi connectivity index (χ3n) is 1.26. The molecule has 0 radical (unpaired) electrons. The molecule has 2 nitrogen and oxygen atoms in total. The monoisotopic (exact) mass is 289 g/mol. The Morgan fingerprint density at radius 3 is 2.50 bits per heavy atom. The van der Waals surface area contributed by atoms with Crippen molar-refractivity contribution < 1.29 is 18.0 Å². The average molecular weight is 289 g/mol. The number of halogens is 4. The molecule has 0 aliphatic carbocycles. The summed E-state index contributed by atoms with van der Waals surface area (Å²) >= 11 is 1.54. The van der Waals surface area contributed by atoms with Crippen LogP contribution in [-0.2, 0) is 4.79 Å². The van der Waals surface area contributed by atoms with Gasteiger partial charge < -0.3 is 0 Å². The van der Waals surface area contributed by atoms with E-state index >= 15 is 0 Å². The summed E-state index contributed by atoms with van der Waals surface area (Å²) in [4.78, 5) is 13.7. The molecule has 1 aliphatic heterocycles. The Kier molecular flexibility index (Phi) is 2.55. The molecule has 12 heavy (non-hydrogen) atoms. The second-order valence-electron chi connectivity index (χ2n) is 2.17. The van der Waals surface area contributed by atoms with Gasteiger partial charge in [0.15, 0.2) is 0 Å². The van der Waals surface area contributed by atoms with Crippen LogP contribution in [0.3, 0.4) is 0 Å². The number of hydrogen-bond donors (Lipinski definition) is 0. The molecule has 0 N–H and O–H groups in total. The van der Waals surface area contributed by atoms with Crippen molar-refractivity contribution in [3.8, 4) is 0 Å². The molecule has 1 heterocycles. The maximum absolute atomic E-state index is 12.0. The fourth-order valence-corrected chi connectivity index (χ4v) is 1.19. The first-order valence-electron chi connectivity index (χ1n) is 2.94. The summed E-state index contributed by atoms with van der Waals surface area (Å²) in [5, 5.41) is 0. The van der Waals surface area contributed by atoms with Crippen molar-refractivity contribution in [2.75, 3.05) is 0 Å². The number of dihydropyridines is 1. The van der Waals surface area contributed by atoms with Gasteiger partial charge in [0, 0.05) is 6.21 Å². The largest absolute Gasteiger partial charge is 0.400 e. The zero-order valence-corrected chi connectivity index (χ0v) is 7.76. The highest BCUT2D eigenvalue weighted by Gasteiger charge is 2.38. The molecule has 1 aliphatic rings. The lowest BCUT2D eigenvalue weighted by Gasteiger charge is -2.14. The van der Waals surface area contributed by atoms with E-state index in [1.54, 1.807) is 0 Å². The van der Waals surface area contributed by atoms with E-state index in [1.807, 2.05) is 0 Å². The van der Waals surface area contributed by atoms with E-state index in [2.05, 4.69) is 4.99 Å². The van der Waals surface area contributed by atoms with Crippen molar-refractivity contribution in [3.05, 3.63) is 9.66 Å². The number of amides is 1. The van der Waals surface area contributed by atoms with Gasteiger partial charge in [-0.15, -0.1) is 0 Å². The van der Waals surface area contributed by atoms with E-state index in [-0.39, 0.29) is 3.58 Å². The van der Waals surface area contributed by atoms with Crippen LogP contribution in [0.2, 0.25) is 0 Å². The molecule has 66 valence electrons. The Bertz CT molecular complexity index is 268. The number of allylic oxidation sites excluding steroid dienone is 1. The molecule has 1 amide bonds. The van der Waals surface area contributed by atoms with Crippen molar-refractivity contribution >= 4 is 34.7 Å². The van der Waals surface area contributed by atoms with Gasteiger partial charge in [-0.1, -0.05) is 0 Å². The Labute approximate surface area is 79.7 Å².